The molecule has 3 amide bonds. The second-order valence-corrected chi connectivity index (χ2v) is 6.76. The number of nitrogens with one attached hydrogen (secondary N) is 2. The summed E-state index contributed by atoms with van der Waals surface area (Å²) in [5.41, 5.74) is -1.18. The van der Waals surface area contributed by atoms with Crippen molar-refractivity contribution in [1.82, 2.24) is 10.6 Å². The molecule has 1 rings (SSSR count). The molecule has 0 aliphatic heterocycles. The van der Waals surface area contributed by atoms with Gasteiger partial charge in [0.2, 0.25) is 5.91 Å². The van der Waals surface area contributed by atoms with Crippen LogP contribution < -0.4 is 10.6 Å². The van der Waals surface area contributed by atoms with E-state index in [9.17, 15) is 14.4 Å². The van der Waals surface area contributed by atoms with E-state index in [1.165, 1.54) is 26.7 Å². The lowest BCUT2D eigenvalue weighted by Crippen LogP contribution is -2.43. The maximum Gasteiger partial charge on any atom is 0.321 e. The van der Waals surface area contributed by atoms with Gasteiger partial charge in [-0.15, -0.1) is 0 Å². The number of urea groups is 1. The van der Waals surface area contributed by atoms with E-state index in [1.54, 1.807) is 0 Å². The van der Waals surface area contributed by atoms with Gasteiger partial charge in [-0.05, 0) is 38.5 Å². The van der Waals surface area contributed by atoms with E-state index >= 15 is 0 Å². The summed E-state index contributed by atoms with van der Waals surface area (Å²) in [5, 5.41) is 13.8. The molecule has 1 aliphatic carbocycles. The van der Waals surface area contributed by atoms with Gasteiger partial charge in [0.15, 0.2) is 0 Å². The van der Waals surface area contributed by atoms with Crippen molar-refractivity contribution < 1.29 is 19.5 Å². The van der Waals surface area contributed by atoms with E-state index in [4.69, 9.17) is 5.11 Å². The molecule has 0 radical (unpaired) electrons. The molecule has 1 fully saturated rings. The Bertz CT molecular complexity index is 406. The standard InChI is InChI=1S/C15H26N2O4/c1-10-5-4-6-11(7-10)9-16-14(21)17-12(18)8-15(2,3)13(19)20/h10-11H,4-9H2,1-3H3,(H,19,20)(H2,16,17,18,21). The molecule has 120 valence electrons. The first-order valence-electron chi connectivity index (χ1n) is 7.52. The number of hydrogen-bond donors (Lipinski definition) is 3. The highest BCUT2D eigenvalue weighted by Gasteiger charge is 2.30. The zero-order valence-electron chi connectivity index (χ0n) is 13.1. The van der Waals surface area contributed by atoms with Crippen molar-refractivity contribution in [2.24, 2.45) is 17.3 Å². The first-order chi connectivity index (χ1) is 9.70. The normalized spacial score (nSPS) is 22.4. The predicted octanol–water partition coefficient (Wildman–Crippen LogP) is 2.14. The molecule has 0 saturated heterocycles. The molecule has 1 aliphatic rings. The topological polar surface area (TPSA) is 95.5 Å². The number of hydrogen-bond acceptors (Lipinski definition) is 3. The monoisotopic (exact) mass is 298 g/mol. The van der Waals surface area contributed by atoms with Gasteiger partial charge < -0.3 is 10.4 Å². The fourth-order valence-electron chi connectivity index (χ4n) is 2.67. The Balaban J connectivity index is 2.30. The number of imide groups is 1. The summed E-state index contributed by atoms with van der Waals surface area (Å²) in [7, 11) is 0. The van der Waals surface area contributed by atoms with Crippen LogP contribution in [0.3, 0.4) is 0 Å². The summed E-state index contributed by atoms with van der Waals surface area (Å²) in [6.07, 6.45) is 4.40. The third-order valence-corrected chi connectivity index (χ3v) is 4.03. The van der Waals surface area contributed by atoms with Crippen LogP contribution in [0.15, 0.2) is 0 Å². The Morgan fingerprint density at radius 2 is 1.90 bits per heavy atom. The quantitative estimate of drug-likeness (QED) is 0.724. The maximum atomic E-state index is 11.6. The van der Waals surface area contributed by atoms with E-state index in [-0.39, 0.29) is 6.42 Å². The molecule has 2 atom stereocenters. The van der Waals surface area contributed by atoms with Gasteiger partial charge in [0.1, 0.15) is 0 Å². The smallest absolute Gasteiger partial charge is 0.321 e. The molecule has 21 heavy (non-hydrogen) atoms. The Labute approximate surface area is 125 Å². The number of carbonyl (C=O) groups excluding carboxylic acids is 2. The van der Waals surface area contributed by atoms with E-state index in [1.807, 2.05) is 0 Å². The van der Waals surface area contributed by atoms with Crippen molar-refractivity contribution in [1.29, 1.82) is 0 Å². The molecule has 6 heteroatoms. The van der Waals surface area contributed by atoms with Crippen LogP contribution in [0.5, 0.6) is 0 Å². The van der Waals surface area contributed by atoms with Crippen LogP contribution in [0.2, 0.25) is 0 Å². The number of rotatable bonds is 5. The lowest BCUT2D eigenvalue weighted by atomic mass is 9.82. The Morgan fingerprint density at radius 3 is 2.48 bits per heavy atom. The van der Waals surface area contributed by atoms with Crippen molar-refractivity contribution in [3.05, 3.63) is 0 Å². The molecular formula is C15H26N2O4. The van der Waals surface area contributed by atoms with Gasteiger partial charge in [0, 0.05) is 13.0 Å². The van der Waals surface area contributed by atoms with E-state index in [2.05, 4.69) is 17.6 Å². The average molecular weight is 298 g/mol. The second-order valence-electron chi connectivity index (χ2n) is 6.76. The second kappa shape index (κ2) is 7.43. The van der Waals surface area contributed by atoms with E-state index in [0.717, 1.165) is 12.8 Å². The highest BCUT2D eigenvalue weighted by atomic mass is 16.4. The summed E-state index contributed by atoms with van der Waals surface area (Å²) in [6, 6.07) is -0.542. The fraction of sp³-hybridized carbons (Fsp3) is 0.800. The van der Waals surface area contributed by atoms with Crippen molar-refractivity contribution in [3.63, 3.8) is 0 Å². The van der Waals surface area contributed by atoms with Crippen LogP contribution in [-0.2, 0) is 9.59 Å². The number of amides is 3. The van der Waals surface area contributed by atoms with Crippen molar-refractivity contribution in [2.75, 3.05) is 6.54 Å². The van der Waals surface area contributed by atoms with Crippen molar-refractivity contribution >= 4 is 17.9 Å². The summed E-state index contributed by atoms with van der Waals surface area (Å²) in [5.74, 6) is -0.483. The number of carbonyl (C=O) groups is 3. The third-order valence-electron chi connectivity index (χ3n) is 4.03. The summed E-state index contributed by atoms with van der Waals surface area (Å²) >= 11 is 0. The molecular weight excluding hydrogens is 272 g/mol. The van der Waals surface area contributed by atoms with Crippen LogP contribution in [-0.4, -0.2) is 29.6 Å². The minimum absolute atomic E-state index is 0.226. The van der Waals surface area contributed by atoms with E-state index in [0.29, 0.717) is 18.4 Å². The summed E-state index contributed by atoms with van der Waals surface area (Å²) in [6.45, 7) is 5.68. The van der Waals surface area contributed by atoms with Crippen LogP contribution in [0.4, 0.5) is 4.79 Å². The largest absolute Gasteiger partial charge is 0.481 e. The first kappa shape index (κ1) is 17.5. The lowest BCUT2D eigenvalue weighted by molar-refractivity contribution is -0.149. The maximum absolute atomic E-state index is 11.6. The Hall–Kier alpha value is -1.59. The van der Waals surface area contributed by atoms with Gasteiger partial charge in [-0.3, -0.25) is 14.9 Å². The zero-order chi connectivity index (χ0) is 16.0. The molecule has 0 aromatic heterocycles. The molecule has 1 saturated carbocycles. The zero-order valence-corrected chi connectivity index (χ0v) is 13.1. The van der Waals surface area contributed by atoms with Gasteiger partial charge in [-0.1, -0.05) is 19.8 Å². The highest BCUT2D eigenvalue weighted by Crippen LogP contribution is 2.27. The number of aliphatic carboxylic acids is 1. The van der Waals surface area contributed by atoms with E-state index < -0.39 is 23.3 Å². The molecule has 2 unspecified atom stereocenters. The summed E-state index contributed by atoms with van der Waals surface area (Å²) in [4.78, 5) is 34.2. The Kier molecular flexibility index (Phi) is 6.18. The van der Waals surface area contributed by atoms with Crippen molar-refractivity contribution in [3.8, 4) is 0 Å². The minimum Gasteiger partial charge on any atom is -0.481 e. The first-order valence-corrected chi connectivity index (χ1v) is 7.52. The van der Waals surface area contributed by atoms with Crippen LogP contribution >= 0.6 is 0 Å². The van der Waals surface area contributed by atoms with Crippen molar-refractivity contribution in [2.45, 2.75) is 52.9 Å². The van der Waals surface area contributed by atoms with Gasteiger partial charge in [0.25, 0.3) is 0 Å². The number of carboxylic acids is 1. The Morgan fingerprint density at radius 1 is 1.24 bits per heavy atom. The molecule has 0 spiro atoms. The molecule has 0 aromatic carbocycles. The molecule has 0 aromatic rings. The molecule has 0 bridgehead atoms. The average Bonchev–Trinajstić information content (AvgIpc) is 2.35. The van der Waals surface area contributed by atoms with Gasteiger partial charge in [-0.25, -0.2) is 4.79 Å². The number of carboxylic acid groups (broad SMARTS) is 1. The minimum atomic E-state index is -1.18. The van der Waals surface area contributed by atoms with Crippen LogP contribution in [0, 0.1) is 17.3 Å². The molecule has 0 heterocycles. The highest BCUT2D eigenvalue weighted by molar-refractivity contribution is 5.96. The molecule has 6 nitrogen and oxygen atoms in total. The predicted molar refractivity (Wildman–Crippen MR) is 78.7 cm³/mol. The van der Waals surface area contributed by atoms with Gasteiger partial charge in [0.05, 0.1) is 5.41 Å². The lowest BCUT2D eigenvalue weighted by Gasteiger charge is -2.26. The fourth-order valence-corrected chi connectivity index (χ4v) is 2.67. The molecule has 3 N–H and O–H groups in total. The van der Waals surface area contributed by atoms with Gasteiger partial charge >= 0.3 is 12.0 Å². The SMILES string of the molecule is CC1CCCC(CNC(=O)NC(=O)CC(C)(C)C(=O)O)C1. The van der Waals surface area contributed by atoms with Crippen LogP contribution in [0.1, 0.15) is 52.9 Å². The van der Waals surface area contributed by atoms with Gasteiger partial charge in [-0.2, -0.15) is 0 Å². The third kappa shape index (κ3) is 6.14. The van der Waals surface area contributed by atoms with Crippen LogP contribution in [0.25, 0.3) is 0 Å². The summed E-state index contributed by atoms with van der Waals surface area (Å²) < 4.78 is 0.